The molecule has 0 atom stereocenters. The van der Waals surface area contributed by atoms with Crippen LogP contribution in [0.3, 0.4) is 0 Å². The van der Waals surface area contributed by atoms with E-state index in [0.29, 0.717) is 16.5 Å². The van der Waals surface area contributed by atoms with Crippen molar-refractivity contribution >= 4 is 33.1 Å². The number of carbonyl (C=O) groups is 1. The molecule has 24 heavy (non-hydrogen) atoms. The fraction of sp³-hybridized carbons (Fsp3) is 0. The minimum absolute atomic E-state index is 0.0191. The van der Waals surface area contributed by atoms with E-state index in [2.05, 4.69) is 6.58 Å². The highest BCUT2D eigenvalue weighted by atomic mass is 32.2. The van der Waals surface area contributed by atoms with Gasteiger partial charge in [0.1, 0.15) is 10.5 Å². The molecule has 0 unspecified atom stereocenters. The van der Waals surface area contributed by atoms with Crippen LogP contribution in [0.25, 0.3) is 17.0 Å². The largest absolute Gasteiger partial charge is 0.464 e. The fourth-order valence-corrected chi connectivity index (χ4v) is 3.31. The number of benzene rings is 2. The van der Waals surface area contributed by atoms with Crippen LogP contribution >= 0.6 is 0 Å². The van der Waals surface area contributed by atoms with Crippen LogP contribution in [0.5, 0.6) is 5.75 Å². The molecule has 0 radical (unpaired) electrons. The van der Waals surface area contributed by atoms with Gasteiger partial charge in [0.25, 0.3) is 5.91 Å². The Morgan fingerprint density at radius 3 is 2.67 bits per heavy atom. The molecule has 2 N–H and O–H groups in total. The van der Waals surface area contributed by atoms with Gasteiger partial charge in [0, 0.05) is 10.9 Å². The van der Waals surface area contributed by atoms with Gasteiger partial charge in [-0.1, -0.05) is 24.8 Å². The molecular formula is C17H13NO5S. The number of fused-ring (bicyclic) bond motifs is 1. The number of carbonyl (C=O) groups excluding carboxylic acids is 1. The second-order valence-electron chi connectivity index (χ2n) is 4.95. The van der Waals surface area contributed by atoms with E-state index in [1.165, 1.54) is 36.6 Å². The Hall–Kier alpha value is -3.06. The van der Waals surface area contributed by atoms with Gasteiger partial charge in [-0.2, -0.15) is 8.42 Å². The highest BCUT2D eigenvalue weighted by Crippen LogP contribution is 2.28. The Morgan fingerprint density at radius 1 is 1.21 bits per heavy atom. The Kier molecular flexibility index (Phi) is 3.86. The van der Waals surface area contributed by atoms with Gasteiger partial charge < -0.3 is 14.3 Å². The third kappa shape index (κ3) is 2.77. The molecule has 0 saturated heterocycles. The van der Waals surface area contributed by atoms with Gasteiger partial charge in [-0.15, -0.1) is 0 Å². The van der Waals surface area contributed by atoms with Crippen LogP contribution in [-0.2, 0) is 10.1 Å². The maximum atomic E-state index is 12.6. The highest BCUT2D eigenvalue weighted by molar-refractivity contribution is 7.87. The molecule has 2 aromatic carbocycles. The molecule has 0 spiro atoms. The summed E-state index contributed by atoms with van der Waals surface area (Å²) in [6, 6.07) is 10.3. The average molecular weight is 343 g/mol. The minimum atomic E-state index is -4.17. The number of hydrogen-bond donors (Lipinski definition) is 1. The number of amides is 1. The minimum Gasteiger partial charge on any atom is -0.464 e. The van der Waals surface area contributed by atoms with Gasteiger partial charge in [0.15, 0.2) is 5.75 Å². The van der Waals surface area contributed by atoms with Crippen molar-refractivity contribution in [1.29, 1.82) is 0 Å². The molecule has 1 aromatic heterocycles. The first-order chi connectivity index (χ1) is 11.4. The lowest BCUT2D eigenvalue weighted by molar-refractivity contribution is 0.0999. The standard InChI is InChI=1S/C17H13NO5S/c1-2-11-9-13(10-12-7-8-22-16(11)12)24(20,21)23-15-6-4-3-5-14(15)17(18)19/h2-10H,1H2,(H2,18,19). The van der Waals surface area contributed by atoms with Gasteiger partial charge >= 0.3 is 10.1 Å². The molecule has 1 heterocycles. The first kappa shape index (κ1) is 15.8. The summed E-state index contributed by atoms with van der Waals surface area (Å²) >= 11 is 0. The van der Waals surface area contributed by atoms with Crippen molar-refractivity contribution in [3.05, 3.63) is 66.4 Å². The lowest BCUT2D eigenvalue weighted by Gasteiger charge is -2.10. The molecule has 122 valence electrons. The van der Waals surface area contributed by atoms with Crippen molar-refractivity contribution in [3.63, 3.8) is 0 Å². The lowest BCUT2D eigenvalue weighted by atomic mass is 10.1. The molecule has 0 saturated carbocycles. The van der Waals surface area contributed by atoms with Crippen LogP contribution in [0.1, 0.15) is 15.9 Å². The van der Waals surface area contributed by atoms with Crippen LogP contribution in [0.2, 0.25) is 0 Å². The number of hydrogen-bond acceptors (Lipinski definition) is 5. The third-order valence-corrected chi connectivity index (χ3v) is 4.63. The third-order valence-electron chi connectivity index (χ3n) is 3.41. The van der Waals surface area contributed by atoms with E-state index in [1.807, 2.05) is 0 Å². The second kappa shape index (κ2) is 5.86. The molecule has 0 bridgehead atoms. The first-order valence-electron chi connectivity index (χ1n) is 6.89. The summed E-state index contributed by atoms with van der Waals surface area (Å²) in [4.78, 5) is 11.3. The number of nitrogens with two attached hydrogens (primary N) is 1. The van der Waals surface area contributed by atoms with E-state index >= 15 is 0 Å². The Morgan fingerprint density at radius 2 is 1.96 bits per heavy atom. The van der Waals surface area contributed by atoms with Crippen molar-refractivity contribution in [1.82, 2.24) is 0 Å². The fourth-order valence-electron chi connectivity index (χ4n) is 2.29. The zero-order valence-electron chi connectivity index (χ0n) is 12.4. The molecule has 3 aromatic rings. The molecular weight excluding hydrogens is 330 g/mol. The monoisotopic (exact) mass is 343 g/mol. The smallest absolute Gasteiger partial charge is 0.339 e. The quantitative estimate of drug-likeness (QED) is 0.718. The maximum Gasteiger partial charge on any atom is 0.339 e. The summed E-state index contributed by atoms with van der Waals surface area (Å²) in [5, 5.41) is 0.595. The van der Waals surface area contributed by atoms with Crippen LogP contribution in [0.15, 0.2) is 64.6 Å². The van der Waals surface area contributed by atoms with E-state index < -0.39 is 16.0 Å². The van der Waals surface area contributed by atoms with Crippen LogP contribution in [0.4, 0.5) is 0 Å². The predicted octanol–water partition coefficient (Wildman–Crippen LogP) is 2.94. The Balaban J connectivity index is 2.09. The molecule has 0 aliphatic rings. The van der Waals surface area contributed by atoms with E-state index in [-0.39, 0.29) is 16.2 Å². The molecule has 0 aliphatic heterocycles. The number of para-hydroxylation sites is 1. The molecule has 7 heteroatoms. The van der Waals surface area contributed by atoms with Gasteiger partial charge in [-0.25, -0.2) is 0 Å². The number of furan rings is 1. The van der Waals surface area contributed by atoms with Gasteiger partial charge in [-0.3, -0.25) is 4.79 Å². The number of primary amides is 1. The summed E-state index contributed by atoms with van der Waals surface area (Å²) in [5.74, 6) is -0.907. The van der Waals surface area contributed by atoms with Crippen LogP contribution < -0.4 is 9.92 Å². The van der Waals surface area contributed by atoms with Crippen LogP contribution in [-0.4, -0.2) is 14.3 Å². The topological polar surface area (TPSA) is 99.6 Å². The summed E-state index contributed by atoms with van der Waals surface area (Å²) in [6.45, 7) is 3.65. The second-order valence-corrected chi connectivity index (χ2v) is 6.50. The summed E-state index contributed by atoms with van der Waals surface area (Å²) < 4.78 is 35.6. The highest BCUT2D eigenvalue weighted by Gasteiger charge is 2.22. The molecule has 1 amide bonds. The SMILES string of the molecule is C=Cc1cc(S(=O)(=O)Oc2ccccc2C(N)=O)cc2ccoc12. The summed E-state index contributed by atoms with van der Waals surface area (Å²) in [5.41, 5.74) is 6.27. The van der Waals surface area contributed by atoms with Crippen molar-refractivity contribution in [2.24, 2.45) is 5.73 Å². The summed E-state index contributed by atoms with van der Waals surface area (Å²) in [6.07, 6.45) is 2.94. The van der Waals surface area contributed by atoms with Gasteiger partial charge in [0.05, 0.1) is 11.8 Å². The Bertz CT molecular complexity index is 1050. The van der Waals surface area contributed by atoms with E-state index in [4.69, 9.17) is 14.3 Å². The maximum absolute atomic E-state index is 12.6. The van der Waals surface area contributed by atoms with Crippen molar-refractivity contribution in [3.8, 4) is 5.75 Å². The van der Waals surface area contributed by atoms with Crippen molar-refractivity contribution < 1.29 is 21.8 Å². The molecule has 0 fully saturated rings. The van der Waals surface area contributed by atoms with E-state index in [0.717, 1.165) is 0 Å². The predicted molar refractivity (Wildman–Crippen MR) is 89.1 cm³/mol. The van der Waals surface area contributed by atoms with Crippen molar-refractivity contribution in [2.45, 2.75) is 4.90 Å². The summed E-state index contributed by atoms with van der Waals surface area (Å²) in [7, 11) is -4.17. The zero-order valence-corrected chi connectivity index (χ0v) is 13.2. The molecule has 6 nitrogen and oxygen atoms in total. The van der Waals surface area contributed by atoms with Gasteiger partial charge in [-0.05, 0) is 30.3 Å². The van der Waals surface area contributed by atoms with E-state index in [1.54, 1.807) is 18.2 Å². The zero-order chi connectivity index (χ0) is 17.3. The van der Waals surface area contributed by atoms with Crippen molar-refractivity contribution in [2.75, 3.05) is 0 Å². The number of rotatable bonds is 5. The van der Waals surface area contributed by atoms with Gasteiger partial charge in [0.2, 0.25) is 0 Å². The molecule has 3 rings (SSSR count). The normalized spacial score (nSPS) is 11.3. The van der Waals surface area contributed by atoms with Crippen LogP contribution in [0, 0.1) is 0 Å². The van der Waals surface area contributed by atoms with E-state index in [9.17, 15) is 13.2 Å². The molecule has 0 aliphatic carbocycles. The lowest BCUT2D eigenvalue weighted by Crippen LogP contribution is -2.16. The Labute approximate surface area is 138 Å². The first-order valence-corrected chi connectivity index (χ1v) is 8.30. The average Bonchev–Trinajstić information content (AvgIpc) is 3.02.